The van der Waals surface area contributed by atoms with Crippen LogP contribution >= 0.6 is 0 Å². The number of hydrogen-bond donors (Lipinski definition) is 1. The van der Waals surface area contributed by atoms with Gasteiger partial charge in [-0.2, -0.15) is 0 Å². The summed E-state index contributed by atoms with van der Waals surface area (Å²) >= 11 is 0. The first kappa shape index (κ1) is 14.2. The van der Waals surface area contributed by atoms with Gasteiger partial charge < -0.3 is 5.32 Å². The Bertz CT molecular complexity index is 433. The molecule has 0 aliphatic heterocycles. The molecule has 1 rings (SSSR count). The number of amides is 1. The number of nitrogens with one attached hydrogen (secondary N) is 1. The lowest BCUT2D eigenvalue weighted by atomic mass is 10.0. The van der Waals surface area contributed by atoms with Gasteiger partial charge in [-0.05, 0) is 30.5 Å². The second kappa shape index (κ2) is 7.43. The van der Waals surface area contributed by atoms with Crippen LogP contribution in [0, 0.1) is 5.92 Å². The lowest BCUT2D eigenvalue weighted by molar-refractivity contribution is 0.0957. The van der Waals surface area contributed by atoms with Gasteiger partial charge >= 0.3 is 0 Å². The molecule has 0 saturated heterocycles. The normalized spacial score (nSPS) is 12.1. The summed E-state index contributed by atoms with van der Waals surface area (Å²) in [4.78, 5) is 15.6. The molecule has 96 valence electrons. The molecule has 18 heavy (non-hydrogen) atoms. The molecule has 0 aliphatic rings. The van der Waals surface area contributed by atoms with Gasteiger partial charge in [0.2, 0.25) is 0 Å². The minimum absolute atomic E-state index is 0.0978. The number of hydrogen-bond acceptors (Lipinski definition) is 2. The number of pyridine rings is 1. The van der Waals surface area contributed by atoms with E-state index in [9.17, 15) is 4.79 Å². The van der Waals surface area contributed by atoms with E-state index in [0.29, 0.717) is 18.0 Å². The van der Waals surface area contributed by atoms with Crippen LogP contribution in [0.15, 0.2) is 48.3 Å². The largest absolute Gasteiger partial charge is 0.349 e. The summed E-state index contributed by atoms with van der Waals surface area (Å²) < 4.78 is 0. The summed E-state index contributed by atoms with van der Waals surface area (Å²) in [6.45, 7) is 6.84. The number of aromatic nitrogens is 1. The van der Waals surface area contributed by atoms with Gasteiger partial charge in [-0.25, -0.2) is 0 Å². The van der Waals surface area contributed by atoms with E-state index in [4.69, 9.17) is 0 Å². The van der Waals surface area contributed by atoms with E-state index in [-0.39, 0.29) is 5.91 Å². The van der Waals surface area contributed by atoms with Crippen molar-refractivity contribution < 1.29 is 4.79 Å². The fourth-order valence-corrected chi connectivity index (χ4v) is 1.57. The lowest BCUT2D eigenvalue weighted by Gasteiger charge is -2.05. The molecule has 0 aromatic carbocycles. The van der Waals surface area contributed by atoms with Crippen molar-refractivity contribution in [2.45, 2.75) is 20.8 Å². The highest BCUT2D eigenvalue weighted by Gasteiger charge is 2.02. The van der Waals surface area contributed by atoms with Crippen molar-refractivity contribution in [3.8, 4) is 0 Å². The Hall–Kier alpha value is -1.90. The van der Waals surface area contributed by atoms with E-state index < -0.39 is 0 Å². The summed E-state index contributed by atoms with van der Waals surface area (Å²) in [5, 5.41) is 2.82. The topological polar surface area (TPSA) is 42.0 Å². The van der Waals surface area contributed by atoms with Crippen LogP contribution in [0.1, 0.15) is 31.1 Å². The van der Waals surface area contributed by atoms with E-state index in [1.165, 1.54) is 5.57 Å². The molecule has 0 aliphatic carbocycles. The summed E-state index contributed by atoms with van der Waals surface area (Å²) in [6.07, 6.45) is 9.31. The minimum atomic E-state index is -0.0978. The van der Waals surface area contributed by atoms with Crippen LogP contribution in [-0.2, 0) is 0 Å². The van der Waals surface area contributed by atoms with Crippen LogP contribution in [0.5, 0.6) is 0 Å². The monoisotopic (exact) mass is 244 g/mol. The smallest absolute Gasteiger partial charge is 0.253 e. The Labute approximate surface area is 109 Å². The quantitative estimate of drug-likeness (QED) is 0.809. The molecule has 0 radical (unpaired) electrons. The zero-order chi connectivity index (χ0) is 13.4. The molecule has 0 fully saturated rings. The molecule has 3 heteroatoms. The van der Waals surface area contributed by atoms with Gasteiger partial charge in [-0.15, -0.1) is 0 Å². The van der Waals surface area contributed by atoms with Crippen LogP contribution in [0.2, 0.25) is 0 Å². The van der Waals surface area contributed by atoms with Crippen LogP contribution in [0.3, 0.4) is 0 Å². The highest BCUT2D eigenvalue weighted by molar-refractivity contribution is 5.93. The Morgan fingerprint density at radius 1 is 1.50 bits per heavy atom. The molecule has 3 nitrogen and oxygen atoms in total. The van der Waals surface area contributed by atoms with Crippen molar-refractivity contribution >= 4 is 5.91 Å². The molecular weight excluding hydrogens is 224 g/mol. The van der Waals surface area contributed by atoms with Gasteiger partial charge in [-0.1, -0.05) is 32.1 Å². The summed E-state index contributed by atoms with van der Waals surface area (Å²) in [7, 11) is 0. The third-order valence-corrected chi connectivity index (χ3v) is 2.61. The van der Waals surface area contributed by atoms with Crippen LogP contribution < -0.4 is 5.32 Å². The number of nitrogens with zero attached hydrogens (tertiary/aromatic N) is 1. The predicted octanol–water partition coefficient (Wildman–Crippen LogP) is 2.97. The van der Waals surface area contributed by atoms with E-state index in [2.05, 4.69) is 30.2 Å². The molecule has 1 N–H and O–H groups in total. The summed E-state index contributed by atoms with van der Waals surface area (Å²) in [5.74, 6) is 0.402. The molecule has 0 bridgehead atoms. The summed E-state index contributed by atoms with van der Waals surface area (Å²) in [6, 6.07) is 3.50. The zero-order valence-electron chi connectivity index (χ0n) is 11.2. The van der Waals surface area contributed by atoms with Crippen molar-refractivity contribution in [3.63, 3.8) is 0 Å². The SMILES string of the molecule is C/C=C(/C=C/CNC(=O)c1cccnc1)C(C)C. The maximum absolute atomic E-state index is 11.7. The first-order valence-corrected chi connectivity index (χ1v) is 6.16. The average Bonchev–Trinajstić information content (AvgIpc) is 2.39. The van der Waals surface area contributed by atoms with Crippen molar-refractivity contribution in [2.75, 3.05) is 6.54 Å². The predicted molar refractivity (Wildman–Crippen MR) is 74.3 cm³/mol. The van der Waals surface area contributed by atoms with Gasteiger partial charge in [0.15, 0.2) is 0 Å². The fraction of sp³-hybridized carbons (Fsp3) is 0.333. The highest BCUT2D eigenvalue weighted by atomic mass is 16.1. The molecule has 0 unspecified atom stereocenters. The van der Waals surface area contributed by atoms with Gasteiger partial charge in [0.25, 0.3) is 5.91 Å². The third-order valence-electron chi connectivity index (χ3n) is 2.61. The number of allylic oxidation sites excluding steroid dienone is 3. The number of carbonyl (C=O) groups is 1. The van der Waals surface area contributed by atoms with E-state index >= 15 is 0 Å². The first-order chi connectivity index (χ1) is 8.65. The standard InChI is InChI=1S/C15H20N2O/c1-4-13(12(2)3)7-6-10-17-15(18)14-8-5-9-16-11-14/h4-9,11-12H,10H2,1-3H3,(H,17,18)/b7-6+,13-4-. The molecule has 1 aromatic rings. The van der Waals surface area contributed by atoms with Crippen LogP contribution in [0.25, 0.3) is 0 Å². The van der Waals surface area contributed by atoms with E-state index in [1.54, 1.807) is 24.5 Å². The maximum Gasteiger partial charge on any atom is 0.253 e. The third kappa shape index (κ3) is 4.53. The van der Waals surface area contributed by atoms with Crippen LogP contribution in [0.4, 0.5) is 0 Å². The highest BCUT2D eigenvalue weighted by Crippen LogP contribution is 2.09. The average molecular weight is 244 g/mol. The summed E-state index contributed by atoms with van der Waals surface area (Å²) in [5.41, 5.74) is 1.85. The molecule has 0 spiro atoms. The Balaban J connectivity index is 2.43. The Morgan fingerprint density at radius 2 is 2.28 bits per heavy atom. The molecule has 0 atom stereocenters. The molecular formula is C15H20N2O. The second-order valence-electron chi connectivity index (χ2n) is 4.30. The van der Waals surface area contributed by atoms with Crippen molar-refractivity contribution in [1.29, 1.82) is 0 Å². The van der Waals surface area contributed by atoms with Gasteiger partial charge in [-0.3, -0.25) is 9.78 Å². The van der Waals surface area contributed by atoms with Gasteiger partial charge in [0.05, 0.1) is 5.56 Å². The van der Waals surface area contributed by atoms with Crippen LogP contribution in [-0.4, -0.2) is 17.4 Å². The zero-order valence-corrected chi connectivity index (χ0v) is 11.2. The van der Waals surface area contributed by atoms with Gasteiger partial charge in [0.1, 0.15) is 0 Å². The first-order valence-electron chi connectivity index (χ1n) is 6.16. The maximum atomic E-state index is 11.7. The Morgan fingerprint density at radius 3 is 2.83 bits per heavy atom. The van der Waals surface area contributed by atoms with Crippen molar-refractivity contribution in [3.05, 3.63) is 53.9 Å². The molecule has 0 saturated carbocycles. The second-order valence-corrected chi connectivity index (χ2v) is 4.30. The Kier molecular flexibility index (Phi) is 5.85. The fourth-order valence-electron chi connectivity index (χ4n) is 1.57. The number of rotatable bonds is 5. The lowest BCUT2D eigenvalue weighted by Crippen LogP contribution is -2.23. The van der Waals surface area contributed by atoms with E-state index in [1.807, 2.05) is 19.1 Å². The number of carbonyl (C=O) groups excluding carboxylic acids is 1. The van der Waals surface area contributed by atoms with Crippen molar-refractivity contribution in [2.24, 2.45) is 5.92 Å². The molecule has 1 heterocycles. The minimum Gasteiger partial charge on any atom is -0.349 e. The van der Waals surface area contributed by atoms with Gasteiger partial charge in [0, 0.05) is 18.9 Å². The molecule has 1 aromatic heterocycles. The molecule has 1 amide bonds. The van der Waals surface area contributed by atoms with Crippen molar-refractivity contribution in [1.82, 2.24) is 10.3 Å². The van der Waals surface area contributed by atoms with E-state index in [0.717, 1.165) is 0 Å².